The molecule has 1 saturated carbocycles. The number of methoxy groups -OCH3 is 1. The summed E-state index contributed by atoms with van der Waals surface area (Å²) in [5, 5.41) is 4.22. The van der Waals surface area contributed by atoms with Gasteiger partial charge in [0.25, 0.3) is 0 Å². The molecule has 3 rings (SSSR count). The molecule has 2 N–H and O–H groups in total. The van der Waals surface area contributed by atoms with E-state index in [0.717, 1.165) is 36.0 Å². The minimum Gasteiger partial charge on any atom is -0.385 e. The van der Waals surface area contributed by atoms with Crippen LogP contribution in [0.2, 0.25) is 0 Å². The lowest BCUT2D eigenvalue weighted by Crippen LogP contribution is -2.31. The lowest BCUT2D eigenvalue weighted by atomic mass is 10.0. The largest absolute Gasteiger partial charge is 0.385 e. The summed E-state index contributed by atoms with van der Waals surface area (Å²) in [6.07, 6.45) is 5.80. The van der Waals surface area contributed by atoms with Crippen molar-refractivity contribution >= 4 is 16.8 Å². The van der Waals surface area contributed by atoms with Crippen LogP contribution in [-0.4, -0.2) is 31.2 Å². The summed E-state index contributed by atoms with van der Waals surface area (Å²) in [5.41, 5.74) is 2.44. The average Bonchev–Trinajstić information content (AvgIpc) is 3.18. The Kier molecular flexibility index (Phi) is 3.97. The summed E-state index contributed by atoms with van der Waals surface area (Å²) < 4.78 is 5.14. The molecule has 0 unspecified atom stereocenters. The molecule has 1 fully saturated rings. The van der Waals surface area contributed by atoms with Crippen molar-refractivity contribution in [3.8, 4) is 0 Å². The Bertz CT molecular complexity index is 629. The number of fused-ring (bicyclic) bond motifs is 1. The van der Waals surface area contributed by atoms with Gasteiger partial charge in [0.1, 0.15) is 0 Å². The smallest absolute Gasteiger partial charge is 0.224 e. The number of rotatable bonds is 7. The van der Waals surface area contributed by atoms with Crippen LogP contribution < -0.4 is 5.32 Å². The maximum Gasteiger partial charge on any atom is 0.224 e. The lowest BCUT2D eigenvalue weighted by Gasteiger charge is -2.15. The van der Waals surface area contributed by atoms with Crippen LogP contribution in [0.5, 0.6) is 0 Å². The van der Waals surface area contributed by atoms with Crippen molar-refractivity contribution < 1.29 is 9.53 Å². The van der Waals surface area contributed by atoms with E-state index in [2.05, 4.69) is 16.4 Å². The number of aromatic nitrogens is 1. The second-order valence-corrected chi connectivity index (χ2v) is 6.06. The summed E-state index contributed by atoms with van der Waals surface area (Å²) >= 11 is 0. The Hall–Kier alpha value is -1.81. The van der Waals surface area contributed by atoms with Gasteiger partial charge in [-0.25, -0.2) is 0 Å². The predicted octanol–water partition coefficient (Wildman–Crippen LogP) is 2.64. The molecule has 2 aromatic rings. The van der Waals surface area contributed by atoms with E-state index >= 15 is 0 Å². The third kappa shape index (κ3) is 3.27. The first-order valence-corrected chi connectivity index (χ1v) is 7.53. The molecule has 1 aromatic heterocycles. The van der Waals surface area contributed by atoms with Gasteiger partial charge in [0.15, 0.2) is 0 Å². The fourth-order valence-electron chi connectivity index (χ4n) is 2.81. The van der Waals surface area contributed by atoms with Gasteiger partial charge in [-0.2, -0.15) is 0 Å². The summed E-state index contributed by atoms with van der Waals surface area (Å²) in [4.78, 5) is 15.4. The number of nitrogens with one attached hydrogen (secondary N) is 2. The number of hydrogen-bond donors (Lipinski definition) is 2. The third-order valence-electron chi connectivity index (χ3n) is 4.48. The van der Waals surface area contributed by atoms with Gasteiger partial charge < -0.3 is 15.0 Å². The number of carbonyl (C=O) groups is 1. The van der Waals surface area contributed by atoms with Crippen molar-refractivity contribution in [2.45, 2.75) is 25.7 Å². The van der Waals surface area contributed by atoms with Gasteiger partial charge in [-0.1, -0.05) is 18.2 Å². The quantitative estimate of drug-likeness (QED) is 0.822. The number of hydrogen-bond acceptors (Lipinski definition) is 2. The van der Waals surface area contributed by atoms with E-state index in [1.165, 1.54) is 12.8 Å². The van der Waals surface area contributed by atoms with Crippen molar-refractivity contribution in [2.24, 2.45) is 5.41 Å². The normalized spacial score (nSPS) is 16.0. The minimum absolute atomic E-state index is 0.100. The van der Waals surface area contributed by atoms with Crippen molar-refractivity contribution in [1.82, 2.24) is 10.3 Å². The van der Waals surface area contributed by atoms with Crippen LogP contribution in [0.3, 0.4) is 0 Å². The number of aromatic amines is 1. The summed E-state index contributed by atoms with van der Waals surface area (Å²) in [7, 11) is 1.73. The van der Waals surface area contributed by atoms with E-state index < -0.39 is 0 Å². The highest BCUT2D eigenvalue weighted by Crippen LogP contribution is 2.48. The molecule has 4 heteroatoms. The van der Waals surface area contributed by atoms with Crippen LogP contribution in [0.1, 0.15) is 24.8 Å². The molecule has 1 aliphatic rings. The molecule has 1 heterocycles. The molecule has 21 heavy (non-hydrogen) atoms. The number of carbonyl (C=O) groups excluding carboxylic acids is 1. The summed E-state index contributed by atoms with van der Waals surface area (Å²) in [6.45, 7) is 1.55. The Labute approximate surface area is 124 Å². The average molecular weight is 286 g/mol. The van der Waals surface area contributed by atoms with E-state index in [0.29, 0.717) is 11.8 Å². The minimum atomic E-state index is 0.100. The summed E-state index contributed by atoms with van der Waals surface area (Å²) in [6, 6.07) is 8.08. The highest BCUT2D eigenvalue weighted by atomic mass is 16.5. The van der Waals surface area contributed by atoms with Crippen LogP contribution in [0.25, 0.3) is 10.9 Å². The number of benzene rings is 1. The van der Waals surface area contributed by atoms with Crippen LogP contribution in [0.15, 0.2) is 30.5 Å². The zero-order valence-corrected chi connectivity index (χ0v) is 12.4. The third-order valence-corrected chi connectivity index (χ3v) is 4.48. The SMILES string of the molecule is COCCC1(CNC(=O)Cc2c[nH]c3ccccc23)CC1. The number of para-hydroxylation sites is 1. The van der Waals surface area contributed by atoms with Crippen molar-refractivity contribution in [3.63, 3.8) is 0 Å². The van der Waals surface area contributed by atoms with Crippen molar-refractivity contribution in [1.29, 1.82) is 0 Å². The van der Waals surface area contributed by atoms with E-state index in [4.69, 9.17) is 4.74 Å². The van der Waals surface area contributed by atoms with E-state index in [1.54, 1.807) is 7.11 Å². The Morgan fingerprint density at radius 1 is 1.38 bits per heavy atom. The molecule has 112 valence electrons. The van der Waals surface area contributed by atoms with Gasteiger partial charge in [-0.15, -0.1) is 0 Å². The maximum absolute atomic E-state index is 12.1. The van der Waals surface area contributed by atoms with E-state index in [9.17, 15) is 4.79 Å². The second kappa shape index (κ2) is 5.90. The van der Waals surface area contributed by atoms with Crippen LogP contribution in [0, 0.1) is 5.41 Å². The fourth-order valence-corrected chi connectivity index (χ4v) is 2.81. The van der Waals surface area contributed by atoms with E-state index in [-0.39, 0.29) is 5.91 Å². The monoisotopic (exact) mass is 286 g/mol. The molecule has 0 radical (unpaired) electrons. The van der Waals surface area contributed by atoms with Gasteiger partial charge in [-0.05, 0) is 36.3 Å². The molecule has 0 saturated heterocycles. The molecule has 1 amide bonds. The highest BCUT2D eigenvalue weighted by Gasteiger charge is 2.42. The predicted molar refractivity (Wildman–Crippen MR) is 83.2 cm³/mol. The fraction of sp³-hybridized carbons (Fsp3) is 0.471. The first-order valence-electron chi connectivity index (χ1n) is 7.53. The van der Waals surface area contributed by atoms with Crippen molar-refractivity contribution in [3.05, 3.63) is 36.0 Å². The standard InChI is InChI=1S/C17H22N2O2/c1-21-9-8-17(6-7-17)12-19-16(20)10-13-11-18-15-5-3-2-4-14(13)15/h2-5,11,18H,6-10,12H2,1H3,(H,19,20). The molecule has 1 aliphatic carbocycles. The molecular formula is C17H22N2O2. The topological polar surface area (TPSA) is 54.1 Å². The zero-order chi connectivity index (χ0) is 14.7. The second-order valence-electron chi connectivity index (χ2n) is 6.06. The molecule has 1 aromatic carbocycles. The molecule has 4 nitrogen and oxygen atoms in total. The molecule has 0 atom stereocenters. The Balaban J connectivity index is 1.55. The van der Waals surface area contributed by atoms with Gasteiger partial charge >= 0.3 is 0 Å². The van der Waals surface area contributed by atoms with Crippen LogP contribution in [-0.2, 0) is 16.0 Å². The van der Waals surface area contributed by atoms with Crippen molar-refractivity contribution in [2.75, 3.05) is 20.3 Å². The number of ether oxygens (including phenoxy) is 1. The Morgan fingerprint density at radius 2 is 2.19 bits per heavy atom. The van der Waals surface area contributed by atoms with Crippen LogP contribution >= 0.6 is 0 Å². The van der Waals surface area contributed by atoms with Gasteiger partial charge in [0.2, 0.25) is 5.91 Å². The number of amides is 1. The zero-order valence-electron chi connectivity index (χ0n) is 12.4. The van der Waals surface area contributed by atoms with E-state index in [1.807, 2.05) is 24.4 Å². The van der Waals surface area contributed by atoms with Gasteiger partial charge in [0.05, 0.1) is 6.42 Å². The van der Waals surface area contributed by atoms with Crippen LogP contribution in [0.4, 0.5) is 0 Å². The Morgan fingerprint density at radius 3 is 2.95 bits per heavy atom. The van der Waals surface area contributed by atoms with Gasteiger partial charge in [-0.3, -0.25) is 4.79 Å². The lowest BCUT2D eigenvalue weighted by molar-refractivity contribution is -0.120. The van der Waals surface area contributed by atoms with Gasteiger partial charge in [0, 0.05) is 37.4 Å². The number of H-pyrrole nitrogens is 1. The maximum atomic E-state index is 12.1. The summed E-state index contributed by atoms with van der Waals surface area (Å²) in [5.74, 6) is 0.100. The first-order chi connectivity index (χ1) is 10.2. The molecular weight excluding hydrogens is 264 g/mol. The first kappa shape index (κ1) is 14.1. The molecule has 0 aliphatic heterocycles. The highest BCUT2D eigenvalue weighted by molar-refractivity contribution is 5.88. The molecule has 0 spiro atoms. The molecule has 0 bridgehead atoms.